The number of benzene rings is 1. The van der Waals surface area contributed by atoms with Gasteiger partial charge in [-0.15, -0.1) is 0 Å². The van der Waals surface area contributed by atoms with E-state index in [2.05, 4.69) is 5.32 Å². The summed E-state index contributed by atoms with van der Waals surface area (Å²) < 4.78 is 5.26. The van der Waals surface area contributed by atoms with Crippen molar-refractivity contribution in [3.63, 3.8) is 0 Å². The van der Waals surface area contributed by atoms with Crippen LogP contribution in [0.5, 0.6) is 0 Å². The summed E-state index contributed by atoms with van der Waals surface area (Å²) in [5, 5.41) is 2.82. The van der Waals surface area contributed by atoms with Gasteiger partial charge in [-0.05, 0) is 30.7 Å². The number of hydrogen-bond donors (Lipinski definition) is 2. The lowest BCUT2D eigenvalue weighted by atomic mass is 10.2. The van der Waals surface area contributed by atoms with Crippen LogP contribution >= 0.6 is 0 Å². The summed E-state index contributed by atoms with van der Waals surface area (Å²) >= 11 is 0. The summed E-state index contributed by atoms with van der Waals surface area (Å²) in [4.78, 5) is 13.6. The van der Waals surface area contributed by atoms with Crippen LogP contribution in [-0.4, -0.2) is 37.2 Å². The highest BCUT2D eigenvalue weighted by Gasteiger charge is 2.23. The van der Waals surface area contributed by atoms with Crippen molar-refractivity contribution in [3.05, 3.63) is 24.3 Å². The summed E-state index contributed by atoms with van der Waals surface area (Å²) in [6.45, 7) is 1.34. The molecule has 1 saturated heterocycles. The van der Waals surface area contributed by atoms with Gasteiger partial charge in [0.15, 0.2) is 0 Å². The van der Waals surface area contributed by atoms with E-state index in [0.717, 1.165) is 18.7 Å². The molecule has 5 nitrogen and oxygen atoms in total. The molecule has 1 aromatic carbocycles. The van der Waals surface area contributed by atoms with Gasteiger partial charge in [0.1, 0.15) is 0 Å². The molecule has 0 radical (unpaired) electrons. The van der Waals surface area contributed by atoms with Crippen molar-refractivity contribution in [2.75, 3.05) is 31.3 Å². The third-order valence-corrected chi connectivity index (χ3v) is 2.94. The van der Waals surface area contributed by atoms with Crippen molar-refractivity contribution < 1.29 is 9.53 Å². The van der Waals surface area contributed by atoms with Crippen molar-refractivity contribution >= 4 is 17.4 Å². The van der Waals surface area contributed by atoms with E-state index in [0.29, 0.717) is 12.3 Å². The van der Waals surface area contributed by atoms with E-state index in [1.54, 1.807) is 36.2 Å². The van der Waals surface area contributed by atoms with Crippen LogP contribution in [0.1, 0.15) is 6.42 Å². The molecule has 17 heavy (non-hydrogen) atoms. The van der Waals surface area contributed by atoms with Crippen molar-refractivity contribution in [1.82, 2.24) is 4.90 Å². The predicted octanol–water partition coefficient (Wildman–Crippen LogP) is 1.52. The second-order valence-corrected chi connectivity index (χ2v) is 4.18. The fraction of sp³-hybridized carbons (Fsp3) is 0.417. The maximum Gasteiger partial charge on any atom is 0.321 e. The Balaban J connectivity index is 1.93. The Bertz CT molecular complexity index is 385. The number of nitrogens with one attached hydrogen (secondary N) is 1. The molecule has 2 rings (SSSR count). The first-order valence-corrected chi connectivity index (χ1v) is 5.64. The van der Waals surface area contributed by atoms with Crippen LogP contribution in [0.2, 0.25) is 0 Å². The molecule has 1 heterocycles. The Morgan fingerprint density at radius 1 is 1.47 bits per heavy atom. The van der Waals surface area contributed by atoms with Gasteiger partial charge in [0, 0.05) is 25.0 Å². The Kier molecular flexibility index (Phi) is 3.49. The number of nitrogens with two attached hydrogens (primary N) is 1. The molecular formula is C12H17N3O2. The van der Waals surface area contributed by atoms with Crippen LogP contribution in [0, 0.1) is 0 Å². The number of ether oxygens (including phenoxy) is 1. The lowest BCUT2D eigenvalue weighted by molar-refractivity contribution is 0.164. The number of carbonyl (C=O) groups excluding carboxylic acids is 1. The van der Waals surface area contributed by atoms with E-state index in [-0.39, 0.29) is 12.1 Å². The maximum absolute atomic E-state index is 11.9. The molecule has 0 saturated carbocycles. The van der Waals surface area contributed by atoms with Crippen molar-refractivity contribution in [2.45, 2.75) is 12.5 Å². The molecular weight excluding hydrogens is 218 g/mol. The third-order valence-electron chi connectivity index (χ3n) is 2.94. The van der Waals surface area contributed by atoms with Crippen LogP contribution < -0.4 is 11.1 Å². The average molecular weight is 235 g/mol. The smallest absolute Gasteiger partial charge is 0.321 e. The van der Waals surface area contributed by atoms with Gasteiger partial charge in [0.05, 0.1) is 12.6 Å². The Morgan fingerprint density at radius 3 is 2.76 bits per heavy atom. The zero-order valence-corrected chi connectivity index (χ0v) is 9.85. The molecule has 0 bridgehead atoms. The number of amides is 2. The largest absolute Gasteiger partial charge is 0.399 e. The van der Waals surface area contributed by atoms with E-state index in [9.17, 15) is 4.79 Å². The molecule has 92 valence electrons. The van der Waals surface area contributed by atoms with Gasteiger partial charge in [-0.2, -0.15) is 0 Å². The fourth-order valence-corrected chi connectivity index (χ4v) is 1.77. The minimum Gasteiger partial charge on any atom is -0.399 e. The van der Waals surface area contributed by atoms with E-state index in [1.807, 2.05) is 0 Å². The van der Waals surface area contributed by atoms with E-state index in [4.69, 9.17) is 10.5 Å². The molecule has 1 aromatic rings. The van der Waals surface area contributed by atoms with Crippen molar-refractivity contribution in [3.8, 4) is 0 Å². The summed E-state index contributed by atoms with van der Waals surface area (Å²) in [7, 11) is 1.78. The van der Waals surface area contributed by atoms with E-state index < -0.39 is 0 Å². The number of hydrogen-bond acceptors (Lipinski definition) is 3. The fourth-order valence-electron chi connectivity index (χ4n) is 1.77. The quantitative estimate of drug-likeness (QED) is 0.764. The van der Waals surface area contributed by atoms with Crippen molar-refractivity contribution in [2.24, 2.45) is 0 Å². The molecule has 2 amide bonds. The number of rotatable bonds is 2. The molecule has 0 aromatic heterocycles. The number of carbonyl (C=O) groups is 1. The molecule has 1 aliphatic rings. The Hall–Kier alpha value is -1.75. The molecule has 3 N–H and O–H groups in total. The first-order chi connectivity index (χ1) is 8.16. The average Bonchev–Trinajstić information content (AvgIpc) is 2.84. The molecule has 1 unspecified atom stereocenters. The van der Waals surface area contributed by atoms with Gasteiger partial charge in [0.25, 0.3) is 0 Å². The highest BCUT2D eigenvalue weighted by molar-refractivity contribution is 5.89. The summed E-state index contributed by atoms with van der Waals surface area (Å²) in [6, 6.07) is 7.13. The first kappa shape index (κ1) is 11.7. The van der Waals surface area contributed by atoms with Gasteiger partial charge in [-0.3, -0.25) is 0 Å². The highest BCUT2D eigenvalue weighted by Crippen LogP contribution is 2.14. The lowest BCUT2D eigenvalue weighted by Gasteiger charge is -2.23. The molecule has 1 aliphatic heterocycles. The minimum atomic E-state index is -0.120. The Morgan fingerprint density at radius 2 is 2.18 bits per heavy atom. The predicted molar refractivity (Wildman–Crippen MR) is 66.9 cm³/mol. The standard InChI is InChI=1S/C12H17N3O2/c1-15(11-6-7-17-8-11)12(16)14-10-4-2-9(13)3-5-10/h2-5,11H,6-8,13H2,1H3,(H,14,16). The zero-order chi connectivity index (χ0) is 12.3. The first-order valence-electron chi connectivity index (χ1n) is 5.64. The molecule has 0 aliphatic carbocycles. The van der Waals surface area contributed by atoms with Gasteiger partial charge in [-0.1, -0.05) is 0 Å². The maximum atomic E-state index is 11.9. The number of nitrogen functional groups attached to an aromatic ring is 1. The van der Waals surface area contributed by atoms with Gasteiger partial charge in [0.2, 0.25) is 0 Å². The van der Waals surface area contributed by atoms with Crippen LogP contribution in [-0.2, 0) is 4.74 Å². The highest BCUT2D eigenvalue weighted by atomic mass is 16.5. The van der Waals surface area contributed by atoms with Crippen LogP contribution in [0.4, 0.5) is 16.2 Å². The molecule has 1 fully saturated rings. The second-order valence-electron chi connectivity index (χ2n) is 4.18. The second kappa shape index (κ2) is 5.05. The van der Waals surface area contributed by atoms with Crippen LogP contribution in [0.3, 0.4) is 0 Å². The lowest BCUT2D eigenvalue weighted by Crippen LogP contribution is -2.40. The number of anilines is 2. The third kappa shape index (κ3) is 2.88. The molecule has 5 heteroatoms. The molecule has 1 atom stereocenters. The molecule has 0 spiro atoms. The normalized spacial score (nSPS) is 19.0. The van der Waals surface area contributed by atoms with Crippen LogP contribution in [0.15, 0.2) is 24.3 Å². The summed E-state index contributed by atoms with van der Waals surface area (Å²) in [6.07, 6.45) is 0.895. The van der Waals surface area contributed by atoms with E-state index in [1.165, 1.54) is 0 Å². The minimum absolute atomic E-state index is 0.120. The van der Waals surface area contributed by atoms with Crippen molar-refractivity contribution in [1.29, 1.82) is 0 Å². The zero-order valence-electron chi connectivity index (χ0n) is 9.85. The monoisotopic (exact) mass is 235 g/mol. The summed E-state index contributed by atoms with van der Waals surface area (Å²) in [5.74, 6) is 0. The topological polar surface area (TPSA) is 67.6 Å². The number of urea groups is 1. The van der Waals surface area contributed by atoms with Gasteiger partial charge >= 0.3 is 6.03 Å². The number of nitrogens with zero attached hydrogens (tertiary/aromatic N) is 1. The Labute approximate surface area is 101 Å². The van der Waals surface area contributed by atoms with Gasteiger partial charge in [-0.25, -0.2) is 4.79 Å². The van der Waals surface area contributed by atoms with E-state index >= 15 is 0 Å². The van der Waals surface area contributed by atoms with Gasteiger partial charge < -0.3 is 20.7 Å². The summed E-state index contributed by atoms with van der Waals surface area (Å²) in [5.41, 5.74) is 7.00. The number of likely N-dealkylation sites (N-methyl/N-ethyl adjacent to an activating group) is 1. The SMILES string of the molecule is CN(C(=O)Nc1ccc(N)cc1)C1CCOC1. The van der Waals surface area contributed by atoms with Crippen LogP contribution in [0.25, 0.3) is 0 Å².